The number of rotatable bonds is 3. The first-order valence-corrected chi connectivity index (χ1v) is 5.21. The minimum absolute atomic E-state index is 0.232. The van der Waals surface area contributed by atoms with Crippen molar-refractivity contribution < 1.29 is 9.53 Å². The van der Waals surface area contributed by atoms with Crippen molar-refractivity contribution in [1.82, 2.24) is 0 Å². The molecular formula is C13H15NO2. The number of carbonyl (C=O) groups is 1. The number of benzene rings is 1. The van der Waals surface area contributed by atoms with Gasteiger partial charge in [0.2, 0.25) is 0 Å². The molecule has 1 rings (SSSR count). The molecule has 0 heterocycles. The fourth-order valence-corrected chi connectivity index (χ4v) is 1.85. The summed E-state index contributed by atoms with van der Waals surface area (Å²) in [5.74, 6) is -0.274. The summed E-state index contributed by atoms with van der Waals surface area (Å²) in [5, 5.41) is 8.88. The van der Waals surface area contributed by atoms with Gasteiger partial charge in [-0.2, -0.15) is 5.26 Å². The molecule has 3 nitrogen and oxygen atoms in total. The third kappa shape index (κ3) is 2.60. The largest absolute Gasteiger partial charge is 0.469 e. The highest BCUT2D eigenvalue weighted by atomic mass is 16.5. The van der Waals surface area contributed by atoms with E-state index in [1.54, 1.807) is 6.07 Å². The molecule has 0 fully saturated rings. The van der Waals surface area contributed by atoms with E-state index >= 15 is 0 Å². The number of nitriles is 1. The van der Waals surface area contributed by atoms with Gasteiger partial charge in [0, 0.05) is 0 Å². The highest BCUT2D eigenvalue weighted by Crippen LogP contribution is 2.18. The Morgan fingerprint density at radius 3 is 2.69 bits per heavy atom. The third-order valence-corrected chi connectivity index (χ3v) is 2.61. The summed E-state index contributed by atoms with van der Waals surface area (Å²) in [5.41, 5.74) is 3.67. The van der Waals surface area contributed by atoms with Gasteiger partial charge in [0.1, 0.15) is 0 Å². The quantitative estimate of drug-likeness (QED) is 0.729. The molecule has 1 aromatic carbocycles. The van der Waals surface area contributed by atoms with Crippen molar-refractivity contribution in [2.45, 2.75) is 26.7 Å². The Bertz CT molecular complexity index is 444. The molecule has 0 radical (unpaired) electrons. The number of nitrogens with zero attached hydrogens (tertiary/aromatic N) is 1. The fourth-order valence-electron chi connectivity index (χ4n) is 1.85. The molecule has 0 saturated heterocycles. The molecule has 84 valence electrons. The van der Waals surface area contributed by atoms with E-state index in [2.05, 4.69) is 10.8 Å². The zero-order chi connectivity index (χ0) is 12.1. The highest BCUT2D eigenvalue weighted by Gasteiger charge is 2.10. The van der Waals surface area contributed by atoms with Crippen LogP contribution in [0.4, 0.5) is 0 Å². The average molecular weight is 217 g/mol. The van der Waals surface area contributed by atoms with Crippen molar-refractivity contribution >= 4 is 5.97 Å². The van der Waals surface area contributed by atoms with Crippen molar-refractivity contribution in [3.63, 3.8) is 0 Å². The monoisotopic (exact) mass is 217 g/mol. The topological polar surface area (TPSA) is 50.1 Å². The Hall–Kier alpha value is -1.82. The van der Waals surface area contributed by atoms with E-state index in [0.717, 1.165) is 23.1 Å². The van der Waals surface area contributed by atoms with Crippen LogP contribution in [0.25, 0.3) is 0 Å². The van der Waals surface area contributed by atoms with Gasteiger partial charge in [-0.25, -0.2) is 0 Å². The molecular weight excluding hydrogens is 202 g/mol. The zero-order valence-electron chi connectivity index (χ0n) is 9.83. The summed E-state index contributed by atoms with van der Waals surface area (Å²) in [6, 6.07) is 5.71. The lowest BCUT2D eigenvalue weighted by molar-refractivity contribution is -0.139. The van der Waals surface area contributed by atoms with Gasteiger partial charge in [-0.15, -0.1) is 0 Å². The van der Waals surface area contributed by atoms with Crippen molar-refractivity contribution in [2.24, 2.45) is 0 Å². The van der Waals surface area contributed by atoms with E-state index in [-0.39, 0.29) is 12.4 Å². The molecule has 0 aliphatic carbocycles. The summed E-state index contributed by atoms with van der Waals surface area (Å²) >= 11 is 0. The molecule has 0 saturated carbocycles. The Balaban J connectivity index is 3.19. The first kappa shape index (κ1) is 12.3. The second-order valence-electron chi connectivity index (χ2n) is 3.65. The Labute approximate surface area is 95.7 Å². The van der Waals surface area contributed by atoms with Crippen molar-refractivity contribution in [2.75, 3.05) is 7.11 Å². The van der Waals surface area contributed by atoms with Crippen LogP contribution in [0.2, 0.25) is 0 Å². The molecule has 16 heavy (non-hydrogen) atoms. The van der Waals surface area contributed by atoms with Crippen molar-refractivity contribution in [3.05, 3.63) is 34.4 Å². The van der Waals surface area contributed by atoms with Gasteiger partial charge in [0.25, 0.3) is 0 Å². The minimum Gasteiger partial charge on any atom is -0.469 e. The smallest absolute Gasteiger partial charge is 0.309 e. The minimum atomic E-state index is -0.274. The van der Waals surface area contributed by atoms with Crippen LogP contribution < -0.4 is 0 Å². The summed E-state index contributed by atoms with van der Waals surface area (Å²) in [6.45, 7) is 4.00. The van der Waals surface area contributed by atoms with Crippen LogP contribution >= 0.6 is 0 Å². The third-order valence-electron chi connectivity index (χ3n) is 2.61. The van der Waals surface area contributed by atoms with E-state index in [1.807, 2.05) is 19.9 Å². The Morgan fingerprint density at radius 2 is 2.19 bits per heavy atom. The Morgan fingerprint density at radius 1 is 1.50 bits per heavy atom. The van der Waals surface area contributed by atoms with Crippen molar-refractivity contribution in [1.29, 1.82) is 5.26 Å². The molecule has 3 heteroatoms. The van der Waals surface area contributed by atoms with Gasteiger partial charge in [0.05, 0.1) is 25.2 Å². The van der Waals surface area contributed by atoms with Crippen LogP contribution in [0, 0.1) is 18.3 Å². The van der Waals surface area contributed by atoms with Gasteiger partial charge in [-0.05, 0) is 42.2 Å². The van der Waals surface area contributed by atoms with Gasteiger partial charge in [-0.1, -0.05) is 6.92 Å². The van der Waals surface area contributed by atoms with Crippen LogP contribution in [-0.4, -0.2) is 13.1 Å². The van der Waals surface area contributed by atoms with Crippen molar-refractivity contribution in [3.8, 4) is 6.07 Å². The summed E-state index contributed by atoms with van der Waals surface area (Å²) < 4.78 is 4.65. The Kier molecular flexibility index (Phi) is 4.07. The first-order chi connectivity index (χ1) is 7.62. The zero-order valence-corrected chi connectivity index (χ0v) is 9.83. The standard InChI is InChI=1S/C13H15NO2/c1-4-12-9(2)5-10(8-14)6-11(12)7-13(15)16-3/h5-6H,4,7H2,1-3H3. The van der Waals surface area contributed by atoms with Crippen LogP contribution in [0.5, 0.6) is 0 Å². The van der Waals surface area contributed by atoms with Crippen LogP contribution in [0.1, 0.15) is 29.2 Å². The summed E-state index contributed by atoms with van der Waals surface area (Å²) in [7, 11) is 1.37. The average Bonchev–Trinajstić information content (AvgIpc) is 2.28. The van der Waals surface area contributed by atoms with E-state index in [0.29, 0.717) is 5.56 Å². The van der Waals surface area contributed by atoms with Crippen LogP contribution in [0.15, 0.2) is 12.1 Å². The second-order valence-corrected chi connectivity index (χ2v) is 3.65. The number of hydrogen-bond acceptors (Lipinski definition) is 3. The summed E-state index contributed by atoms with van der Waals surface area (Å²) in [4.78, 5) is 11.3. The van der Waals surface area contributed by atoms with E-state index < -0.39 is 0 Å². The molecule has 0 aliphatic rings. The SMILES string of the molecule is CCc1c(C)cc(C#N)cc1CC(=O)OC. The molecule has 0 bridgehead atoms. The molecule has 0 N–H and O–H groups in total. The predicted molar refractivity (Wildman–Crippen MR) is 61.0 cm³/mol. The van der Waals surface area contributed by atoms with E-state index in [4.69, 9.17) is 5.26 Å². The number of carbonyl (C=O) groups excluding carboxylic acids is 1. The number of ether oxygens (including phenoxy) is 1. The maximum absolute atomic E-state index is 11.3. The highest BCUT2D eigenvalue weighted by molar-refractivity contribution is 5.73. The predicted octanol–water partition coefficient (Wildman–Crippen LogP) is 2.14. The van der Waals surface area contributed by atoms with Gasteiger partial charge in [-0.3, -0.25) is 4.79 Å². The number of methoxy groups -OCH3 is 1. The van der Waals surface area contributed by atoms with Gasteiger partial charge >= 0.3 is 5.97 Å². The lowest BCUT2D eigenvalue weighted by Crippen LogP contribution is -2.08. The van der Waals surface area contributed by atoms with Gasteiger partial charge in [0.15, 0.2) is 0 Å². The second kappa shape index (κ2) is 5.32. The van der Waals surface area contributed by atoms with Crippen LogP contribution in [0.3, 0.4) is 0 Å². The molecule has 0 aromatic heterocycles. The molecule has 0 amide bonds. The first-order valence-electron chi connectivity index (χ1n) is 5.21. The fraction of sp³-hybridized carbons (Fsp3) is 0.385. The maximum atomic E-state index is 11.3. The lowest BCUT2D eigenvalue weighted by atomic mass is 9.95. The van der Waals surface area contributed by atoms with Crippen LogP contribution in [-0.2, 0) is 22.4 Å². The number of esters is 1. The molecule has 0 aliphatic heterocycles. The van der Waals surface area contributed by atoms with E-state index in [1.165, 1.54) is 7.11 Å². The molecule has 0 unspecified atom stereocenters. The molecule has 0 atom stereocenters. The summed E-state index contributed by atoms with van der Waals surface area (Å²) in [6.07, 6.45) is 1.08. The van der Waals surface area contributed by atoms with E-state index in [9.17, 15) is 4.79 Å². The molecule has 0 spiro atoms. The number of hydrogen-bond donors (Lipinski definition) is 0. The van der Waals surface area contributed by atoms with Gasteiger partial charge < -0.3 is 4.74 Å². The maximum Gasteiger partial charge on any atom is 0.309 e. The number of aryl methyl sites for hydroxylation is 1. The molecule has 1 aromatic rings. The normalized spacial score (nSPS) is 9.62. The lowest BCUT2D eigenvalue weighted by Gasteiger charge is -2.10.